The minimum Gasteiger partial charge on any atom is -0.497 e. The minimum atomic E-state index is -3.61. The summed E-state index contributed by atoms with van der Waals surface area (Å²) in [6, 6.07) is 10.6. The summed E-state index contributed by atoms with van der Waals surface area (Å²) in [5.41, 5.74) is 5.67. The van der Waals surface area contributed by atoms with Gasteiger partial charge in [0.25, 0.3) is 5.91 Å². The first kappa shape index (κ1) is 31.6. The second kappa shape index (κ2) is 14.1. The quantitative estimate of drug-likeness (QED) is 0.275. The Hall–Kier alpha value is -2.91. The average molecular weight is 633 g/mol. The van der Waals surface area contributed by atoms with E-state index in [0.717, 1.165) is 11.3 Å². The number of thiophene rings is 1. The first-order valence-corrected chi connectivity index (χ1v) is 15.0. The van der Waals surface area contributed by atoms with Gasteiger partial charge in [-0.3, -0.25) is 15.0 Å². The molecule has 1 aliphatic rings. The third-order valence-corrected chi connectivity index (χ3v) is 8.89. The highest BCUT2D eigenvalue weighted by atomic mass is 35.5. The molecule has 1 amide bonds. The molecule has 15 heteroatoms. The van der Waals surface area contributed by atoms with Crippen LogP contribution >= 0.6 is 34.5 Å². The molecule has 3 aromatic rings. The number of aliphatic carboxylic acids is 1. The number of sulfone groups is 1. The molecule has 0 saturated carbocycles. The third kappa shape index (κ3) is 7.63. The van der Waals surface area contributed by atoms with Crippen LogP contribution in [0, 0.1) is 0 Å². The lowest BCUT2D eigenvalue weighted by Gasteiger charge is -2.33. The second-order valence-corrected chi connectivity index (χ2v) is 11.9. The standard InChI is InChI=1S/C23H20Cl2N2O7S2.C2H7NO/c1-33-15-4-7-18-17(8-15)27(10-19(34-18)23(29)30)22(28)21-20(25)13(11-35-21)9-26-12-36(31,32)16-5-2-14(24)3-6-16;3-1-2-4/h2-8,11,19,26H,9-10,12H2,1H3,(H,29,30);4H,1-3H2. The summed E-state index contributed by atoms with van der Waals surface area (Å²) >= 11 is 13.4. The largest absolute Gasteiger partial charge is 0.497 e. The number of methoxy groups -OCH3 is 1. The smallest absolute Gasteiger partial charge is 0.346 e. The zero-order valence-electron chi connectivity index (χ0n) is 21.2. The number of amides is 1. The Balaban J connectivity index is 0.00000103. The van der Waals surface area contributed by atoms with Crippen molar-refractivity contribution in [2.75, 3.05) is 37.6 Å². The van der Waals surface area contributed by atoms with Crippen molar-refractivity contribution in [3.8, 4) is 11.5 Å². The molecular weight excluding hydrogens is 605 g/mol. The van der Waals surface area contributed by atoms with E-state index in [4.69, 9.17) is 43.5 Å². The Bertz CT molecular complexity index is 1450. The van der Waals surface area contributed by atoms with Gasteiger partial charge in [-0.05, 0) is 47.3 Å². The summed E-state index contributed by atoms with van der Waals surface area (Å²) in [5, 5.41) is 22.3. The second-order valence-electron chi connectivity index (χ2n) is 8.25. The normalized spacial score (nSPS) is 14.4. The van der Waals surface area contributed by atoms with Gasteiger partial charge in [-0.2, -0.15) is 0 Å². The first-order chi connectivity index (χ1) is 19.0. The fraction of sp³-hybridized carbons (Fsp3) is 0.280. The summed E-state index contributed by atoms with van der Waals surface area (Å²) < 4.78 is 35.8. The van der Waals surface area contributed by atoms with Crippen molar-refractivity contribution in [2.45, 2.75) is 17.5 Å². The number of carboxylic acids is 1. The monoisotopic (exact) mass is 631 g/mol. The van der Waals surface area contributed by atoms with Gasteiger partial charge in [0.1, 0.15) is 22.3 Å². The van der Waals surface area contributed by atoms with E-state index in [1.165, 1.54) is 42.3 Å². The molecule has 0 spiro atoms. The molecule has 0 bridgehead atoms. The van der Waals surface area contributed by atoms with E-state index in [-0.39, 0.29) is 46.1 Å². The maximum Gasteiger partial charge on any atom is 0.346 e. The molecule has 1 aromatic heterocycles. The highest BCUT2D eigenvalue weighted by Gasteiger charge is 2.36. The number of nitrogens with two attached hydrogens (primary N) is 1. The van der Waals surface area contributed by atoms with Crippen molar-refractivity contribution in [3.63, 3.8) is 0 Å². The summed E-state index contributed by atoms with van der Waals surface area (Å²) in [4.78, 5) is 26.7. The molecule has 1 unspecified atom stereocenters. The van der Waals surface area contributed by atoms with Crippen molar-refractivity contribution in [3.05, 3.63) is 68.3 Å². The molecule has 1 atom stereocenters. The number of carbonyl (C=O) groups is 2. The van der Waals surface area contributed by atoms with Crippen LogP contribution in [0.2, 0.25) is 10.0 Å². The third-order valence-electron chi connectivity index (χ3n) is 5.50. The van der Waals surface area contributed by atoms with Crippen LogP contribution in [0.15, 0.2) is 52.7 Å². The number of nitrogens with one attached hydrogen (secondary N) is 1. The number of hydrogen-bond donors (Lipinski definition) is 4. The van der Waals surface area contributed by atoms with Gasteiger partial charge >= 0.3 is 5.97 Å². The van der Waals surface area contributed by atoms with Crippen LogP contribution in [0.1, 0.15) is 15.2 Å². The van der Waals surface area contributed by atoms with Gasteiger partial charge < -0.3 is 25.4 Å². The molecule has 4 rings (SSSR count). The highest BCUT2D eigenvalue weighted by Crippen LogP contribution is 2.39. The number of halogens is 2. The molecule has 11 nitrogen and oxygen atoms in total. The summed E-state index contributed by atoms with van der Waals surface area (Å²) in [7, 11) is -2.13. The number of fused-ring (bicyclic) bond motifs is 1. The van der Waals surface area contributed by atoms with E-state index < -0.39 is 27.8 Å². The van der Waals surface area contributed by atoms with Gasteiger partial charge in [0, 0.05) is 24.2 Å². The lowest BCUT2D eigenvalue weighted by atomic mass is 10.1. The Labute approximate surface area is 244 Å². The number of rotatable bonds is 9. The van der Waals surface area contributed by atoms with E-state index in [1.54, 1.807) is 17.5 Å². The Kier molecular flexibility index (Phi) is 11.2. The Morgan fingerprint density at radius 2 is 1.90 bits per heavy atom. The van der Waals surface area contributed by atoms with Crippen molar-refractivity contribution in [1.82, 2.24) is 5.32 Å². The number of ether oxygens (including phenoxy) is 2. The van der Waals surface area contributed by atoms with Crippen LogP contribution in [0.4, 0.5) is 5.69 Å². The van der Waals surface area contributed by atoms with Gasteiger partial charge in [0.15, 0.2) is 9.84 Å². The fourth-order valence-corrected chi connectivity index (χ4v) is 6.04. The molecule has 1 aliphatic heterocycles. The van der Waals surface area contributed by atoms with Gasteiger partial charge in [-0.1, -0.05) is 23.2 Å². The van der Waals surface area contributed by atoms with Crippen molar-refractivity contribution in [1.29, 1.82) is 0 Å². The predicted molar refractivity (Wildman–Crippen MR) is 153 cm³/mol. The average Bonchev–Trinajstić information content (AvgIpc) is 3.31. The molecule has 216 valence electrons. The van der Waals surface area contributed by atoms with E-state index in [2.05, 4.69) is 5.32 Å². The molecule has 0 saturated heterocycles. The minimum absolute atomic E-state index is 0.0972. The lowest BCUT2D eigenvalue weighted by Crippen LogP contribution is -2.47. The lowest BCUT2D eigenvalue weighted by molar-refractivity contribution is -0.144. The topological polar surface area (TPSA) is 168 Å². The van der Waals surface area contributed by atoms with Crippen LogP contribution in [-0.2, 0) is 21.2 Å². The molecule has 5 N–H and O–H groups in total. The van der Waals surface area contributed by atoms with Crippen LogP contribution < -0.4 is 25.4 Å². The van der Waals surface area contributed by atoms with Crippen LogP contribution in [0.5, 0.6) is 11.5 Å². The number of anilines is 1. The molecule has 2 aromatic carbocycles. The summed E-state index contributed by atoms with van der Waals surface area (Å²) in [6.45, 7) is 0.343. The molecule has 0 aliphatic carbocycles. The number of aliphatic hydroxyl groups is 1. The highest BCUT2D eigenvalue weighted by molar-refractivity contribution is 7.91. The van der Waals surface area contributed by atoms with Gasteiger partial charge in [0.2, 0.25) is 6.10 Å². The van der Waals surface area contributed by atoms with E-state index >= 15 is 0 Å². The Morgan fingerprint density at radius 1 is 1.23 bits per heavy atom. The first-order valence-electron chi connectivity index (χ1n) is 11.7. The molecule has 2 heterocycles. The van der Waals surface area contributed by atoms with Gasteiger partial charge in [-0.15, -0.1) is 11.3 Å². The maximum absolute atomic E-state index is 13.4. The Morgan fingerprint density at radius 3 is 2.50 bits per heavy atom. The number of aliphatic hydroxyl groups excluding tert-OH is 1. The van der Waals surface area contributed by atoms with Gasteiger partial charge in [0.05, 0.1) is 35.9 Å². The fourth-order valence-electron chi connectivity index (χ4n) is 3.52. The van der Waals surface area contributed by atoms with E-state index in [0.29, 0.717) is 28.6 Å². The van der Waals surface area contributed by atoms with Crippen LogP contribution in [0.3, 0.4) is 0 Å². The zero-order chi connectivity index (χ0) is 29.4. The maximum atomic E-state index is 13.4. The zero-order valence-corrected chi connectivity index (χ0v) is 24.3. The molecule has 0 fully saturated rings. The SMILES string of the molecule is COc1ccc2c(c1)N(C(=O)c1scc(CNCS(=O)(=O)c3ccc(Cl)cc3)c1Cl)CC(C(=O)O)O2.NCCO. The van der Waals surface area contributed by atoms with E-state index in [9.17, 15) is 23.1 Å². The number of hydrogen-bond acceptors (Lipinski definition) is 10. The molecule has 0 radical (unpaired) electrons. The molecule has 40 heavy (non-hydrogen) atoms. The van der Waals surface area contributed by atoms with Crippen LogP contribution in [0.25, 0.3) is 0 Å². The van der Waals surface area contributed by atoms with Gasteiger partial charge in [-0.25, -0.2) is 13.2 Å². The van der Waals surface area contributed by atoms with E-state index in [1.807, 2.05) is 0 Å². The van der Waals surface area contributed by atoms with Crippen LogP contribution in [-0.4, -0.2) is 69.3 Å². The van der Waals surface area contributed by atoms with Crippen molar-refractivity contribution in [2.24, 2.45) is 5.73 Å². The molecular formula is C25H27Cl2N3O8S2. The summed E-state index contributed by atoms with van der Waals surface area (Å²) in [6.07, 6.45) is -1.26. The number of nitrogens with zero attached hydrogens (tertiary/aromatic N) is 1. The number of benzene rings is 2. The number of carbonyl (C=O) groups excluding carboxylic acids is 1. The number of carboxylic acid groups (broad SMARTS) is 1. The summed E-state index contributed by atoms with van der Waals surface area (Å²) in [5.74, 6) is -1.37. The van der Waals surface area contributed by atoms with Crippen molar-refractivity contribution >= 4 is 61.9 Å². The predicted octanol–water partition coefficient (Wildman–Crippen LogP) is 3.01. The van der Waals surface area contributed by atoms with Crippen molar-refractivity contribution < 1.29 is 37.7 Å².